The predicted octanol–water partition coefficient (Wildman–Crippen LogP) is 3.48. The van der Waals surface area contributed by atoms with Crippen molar-refractivity contribution in [3.63, 3.8) is 0 Å². The Hall–Kier alpha value is -1.12. The first kappa shape index (κ1) is 13.9. The summed E-state index contributed by atoms with van der Waals surface area (Å²) in [6.45, 7) is 12.8. The summed E-state index contributed by atoms with van der Waals surface area (Å²) < 4.78 is 0. The zero-order valence-electron chi connectivity index (χ0n) is 12.2. The number of hydrogen-bond acceptors (Lipinski definition) is 3. The number of aliphatic imine (C=N–C) groups is 1. The first-order chi connectivity index (χ1) is 7.82. The molecule has 0 spiro atoms. The Morgan fingerprint density at radius 3 is 1.82 bits per heavy atom. The lowest BCUT2D eigenvalue weighted by molar-refractivity contribution is 0.272. The quantitative estimate of drug-likeness (QED) is 0.631. The Morgan fingerprint density at radius 1 is 1.12 bits per heavy atom. The topological polar surface area (TPSA) is 28.0 Å². The summed E-state index contributed by atoms with van der Waals surface area (Å²) in [5.74, 6) is 0.634. The molecule has 0 saturated carbocycles. The molecule has 96 valence electrons. The molecule has 0 radical (unpaired) electrons. The summed E-state index contributed by atoms with van der Waals surface area (Å²) in [6, 6.07) is 0.588. The molecule has 0 amide bonds. The molecule has 0 bridgehead atoms. The van der Waals surface area contributed by atoms with Crippen LogP contribution in [0.25, 0.3) is 0 Å². The van der Waals surface area contributed by atoms with E-state index in [4.69, 9.17) is 0 Å². The van der Waals surface area contributed by atoms with Crippen LogP contribution in [0.3, 0.4) is 0 Å². The first-order valence-corrected chi connectivity index (χ1v) is 6.31. The van der Waals surface area contributed by atoms with E-state index in [1.54, 1.807) is 0 Å². The van der Waals surface area contributed by atoms with Gasteiger partial charge in [0.25, 0.3) is 0 Å². The molecule has 2 rings (SSSR count). The minimum absolute atomic E-state index is 0.588. The maximum atomic E-state index is 4.30. The summed E-state index contributed by atoms with van der Waals surface area (Å²) >= 11 is 0. The highest BCUT2D eigenvalue weighted by Crippen LogP contribution is 2.18. The van der Waals surface area contributed by atoms with Crippen LogP contribution in [0.1, 0.15) is 48.0 Å². The van der Waals surface area contributed by atoms with Crippen LogP contribution in [0.2, 0.25) is 0 Å². The Morgan fingerprint density at radius 2 is 1.71 bits per heavy atom. The summed E-state index contributed by atoms with van der Waals surface area (Å²) in [5, 5.41) is 6.33. The molecule has 2 atom stereocenters. The predicted molar refractivity (Wildman–Crippen MR) is 75.6 cm³/mol. The van der Waals surface area contributed by atoms with Crippen molar-refractivity contribution in [3.05, 3.63) is 11.3 Å². The van der Waals surface area contributed by atoms with Crippen LogP contribution in [0.4, 0.5) is 0 Å². The fourth-order valence-corrected chi connectivity index (χ4v) is 2.04. The van der Waals surface area contributed by atoms with Gasteiger partial charge in [-0.2, -0.15) is 5.10 Å². The minimum Gasteiger partial charge on any atom is -0.297 e. The molecule has 3 nitrogen and oxygen atoms in total. The van der Waals surface area contributed by atoms with E-state index in [0.717, 1.165) is 6.42 Å². The van der Waals surface area contributed by atoms with Gasteiger partial charge in [-0.15, -0.1) is 0 Å². The van der Waals surface area contributed by atoms with Crippen molar-refractivity contribution >= 4 is 11.4 Å². The second-order valence-corrected chi connectivity index (χ2v) is 5.23. The van der Waals surface area contributed by atoms with Crippen LogP contribution in [0.15, 0.2) is 21.4 Å². The van der Waals surface area contributed by atoms with Gasteiger partial charge in [0.05, 0.1) is 6.04 Å². The lowest BCUT2D eigenvalue weighted by atomic mass is 10.0. The maximum absolute atomic E-state index is 4.30. The lowest BCUT2D eigenvalue weighted by Gasteiger charge is -2.16. The third-order valence-corrected chi connectivity index (χ3v) is 3.78. The Kier molecular flexibility index (Phi) is 4.49. The van der Waals surface area contributed by atoms with E-state index in [0.29, 0.717) is 12.0 Å². The second-order valence-electron chi connectivity index (χ2n) is 5.23. The highest BCUT2D eigenvalue weighted by molar-refractivity contribution is 5.87. The monoisotopic (exact) mass is 235 g/mol. The lowest BCUT2D eigenvalue weighted by Crippen LogP contribution is -2.24. The van der Waals surface area contributed by atoms with E-state index in [1.165, 1.54) is 22.7 Å². The van der Waals surface area contributed by atoms with Gasteiger partial charge in [-0.3, -0.25) is 10.0 Å². The van der Waals surface area contributed by atoms with Crippen molar-refractivity contribution < 1.29 is 0 Å². The number of allylic oxidation sites excluding steroid dienone is 2. The molecular formula is C14H25N3. The molecular weight excluding hydrogens is 210 g/mol. The molecule has 0 aromatic rings. The number of hydrazone groups is 1. The zero-order valence-corrected chi connectivity index (χ0v) is 12.2. The zero-order chi connectivity index (χ0) is 13.2. The molecule has 2 aliphatic rings. The van der Waals surface area contributed by atoms with Crippen LogP contribution in [0.5, 0.6) is 0 Å². The van der Waals surface area contributed by atoms with Gasteiger partial charge in [0.15, 0.2) is 0 Å². The highest BCUT2D eigenvalue weighted by atomic mass is 15.5. The molecule has 0 aromatic heterocycles. The van der Waals surface area contributed by atoms with E-state index in [1.807, 2.05) is 12.1 Å². The number of nitrogens with zero attached hydrogens (tertiary/aromatic N) is 3. The van der Waals surface area contributed by atoms with Crippen molar-refractivity contribution in [1.29, 1.82) is 0 Å². The van der Waals surface area contributed by atoms with Crippen LogP contribution >= 0.6 is 0 Å². The molecule has 0 fully saturated rings. The maximum Gasteiger partial charge on any atom is 0.0517 e. The van der Waals surface area contributed by atoms with Crippen LogP contribution in [-0.2, 0) is 0 Å². The van der Waals surface area contributed by atoms with Crippen LogP contribution in [0, 0.1) is 5.92 Å². The molecule has 2 heterocycles. The molecule has 2 unspecified atom stereocenters. The average Bonchev–Trinajstić information content (AvgIpc) is 2.64. The molecule has 2 aliphatic heterocycles. The van der Waals surface area contributed by atoms with Crippen LogP contribution in [-0.4, -0.2) is 29.5 Å². The molecule has 0 aromatic carbocycles. The fourth-order valence-electron chi connectivity index (χ4n) is 2.04. The van der Waals surface area contributed by atoms with Gasteiger partial charge in [0, 0.05) is 36.5 Å². The molecule has 3 heteroatoms. The average molecular weight is 235 g/mol. The summed E-state index contributed by atoms with van der Waals surface area (Å²) in [6.07, 6.45) is 1.09. The largest absolute Gasteiger partial charge is 0.297 e. The Bertz CT molecular complexity index is 377. The van der Waals surface area contributed by atoms with E-state index in [2.05, 4.69) is 51.6 Å². The smallest absolute Gasteiger partial charge is 0.0517 e. The van der Waals surface area contributed by atoms with E-state index in [-0.39, 0.29) is 0 Å². The minimum atomic E-state index is 0.588. The van der Waals surface area contributed by atoms with Crippen molar-refractivity contribution in [2.75, 3.05) is 7.05 Å². The normalized spacial score (nSPS) is 27.8. The molecule has 17 heavy (non-hydrogen) atoms. The summed E-state index contributed by atoms with van der Waals surface area (Å²) in [7, 11) is 2.03. The number of rotatable bonds is 0. The standard InChI is InChI=1S/C7H14N2.C7H11N/c1-5-6(2)8-9(4)7(5)3;1-5-4-6(2)8-7(5)3/h5,7H,1-4H3;4H2,1-3H3. The summed E-state index contributed by atoms with van der Waals surface area (Å²) in [4.78, 5) is 4.27. The van der Waals surface area contributed by atoms with Gasteiger partial charge >= 0.3 is 0 Å². The van der Waals surface area contributed by atoms with Gasteiger partial charge in [0.2, 0.25) is 0 Å². The van der Waals surface area contributed by atoms with Gasteiger partial charge in [-0.05, 0) is 40.2 Å². The van der Waals surface area contributed by atoms with E-state index in [9.17, 15) is 0 Å². The van der Waals surface area contributed by atoms with Gasteiger partial charge < -0.3 is 0 Å². The third kappa shape index (κ3) is 3.42. The second kappa shape index (κ2) is 5.48. The Labute approximate surface area is 105 Å². The van der Waals surface area contributed by atoms with Crippen molar-refractivity contribution in [3.8, 4) is 0 Å². The molecule has 0 N–H and O–H groups in total. The van der Waals surface area contributed by atoms with Gasteiger partial charge in [-0.1, -0.05) is 6.92 Å². The van der Waals surface area contributed by atoms with Crippen LogP contribution < -0.4 is 0 Å². The fraction of sp³-hybridized carbons (Fsp3) is 0.714. The first-order valence-electron chi connectivity index (χ1n) is 6.31. The third-order valence-electron chi connectivity index (χ3n) is 3.78. The molecule has 0 saturated heterocycles. The van der Waals surface area contributed by atoms with Gasteiger partial charge in [0.1, 0.15) is 0 Å². The van der Waals surface area contributed by atoms with Crippen molar-refractivity contribution in [2.24, 2.45) is 16.0 Å². The van der Waals surface area contributed by atoms with E-state index < -0.39 is 0 Å². The number of hydrogen-bond donors (Lipinski definition) is 0. The highest BCUT2D eigenvalue weighted by Gasteiger charge is 2.24. The SMILES string of the molecule is CC1=NC(C)=C(C)C1.CC1=NN(C)C(C)C1C. The van der Waals surface area contributed by atoms with E-state index >= 15 is 0 Å². The Balaban J connectivity index is 0.000000171. The van der Waals surface area contributed by atoms with Gasteiger partial charge in [-0.25, -0.2) is 0 Å². The van der Waals surface area contributed by atoms with Crippen molar-refractivity contribution in [2.45, 2.75) is 54.0 Å². The molecule has 0 aliphatic carbocycles. The summed E-state index contributed by atoms with van der Waals surface area (Å²) in [5.41, 5.74) is 5.13. The van der Waals surface area contributed by atoms with Crippen molar-refractivity contribution in [1.82, 2.24) is 5.01 Å².